The Labute approximate surface area is 53.4 Å². The van der Waals surface area contributed by atoms with Crippen LogP contribution < -0.4 is 0 Å². The Bertz CT molecular complexity index is 61.4. The molecule has 1 N–H and O–H groups in total. The lowest BCUT2D eigenvalue weighted by atomic mass is 10.2. The summed E-state index contributed by atoms with van der Waals surface area (Å²) in [6, 6.07) is 0. The van der Waals surface area contributed by atoms with E-state index >= 15 is 0 Å². The molecule has 0 radical (unpaired) electrons. The van der Waals surface area contributed by atoms with Crippen molar-refractivity contribution in [3.05, 3.63) is 0 Å². The van der Waals surface area contributed by atoms with Crippen LogP contribution in [0, 0.1) is 0 Å². The molecule has 1 saturated heterocycles. The normalized spacial score (nSPS) is 30.4. The van der Waals surface area contributed by atoms with Crippen LogP contribution in [0.2, 0.25) is 0 Å². The summed E-state index contributed by atoms with van der Waals surface area (Å²) in [5.41, 5.74) is 0.0590. The van der Waals surface area contributed by atoms with Crippen LogP contribution in [0.1, 0.15) is 19.3 Å². The molecular weight excluding hydrogens is 124 g/mol. The van der Waals surface area contributed by atoms with E-state index in [1.165, 1.54) is 6.42 Å². The maximum Gasteiger partial charge on any atom is 0.128 e. The zero-order valence-corrected chi connectivity index (χ0v) is 5.49. The fourth-order valence-electron chi connectivity index (χ4n) is 0.794. The van der Waals surface area contributed by atoms with Gasteiger partial charge in [0, 0.05) is 18.6 Å². The number of ether oxygens (including phenoxy) is 1. The summed E-state index contributed by atoms with van der Waals surface area (Å²) in [5, 5.41) is 0. The smallest absolute Gasteiger partial charge is 0.128 e. The van der Waals surface area contributed by atoms with E-state index in [9.17, 15) is 0 Å². The molecule has 3 heteroatoms. The third-order valence-corrected chi connectivity index (χ3v) is 1.86. The Morgan fingerprint density at radius 1 is 1.50 bits per heavy atom. The Balaban J connectivity index is 2.13. The van der Waals surface area contributed by atoms with Crippen LogP contribution in [-0.4, -0.2) is 16.6 Å². The molecular formula is C5H10O2S. The third kappa shape index (κ3) is 1.65. The van der Waals surface area contributed by atoms with E-state index in [-0.39, 0.29) is 5.44 Å². The molecule has 0 aliphatic carbocycles. The first kappa shape index (κ1) is 6.39. The van der Waals surface area contributed by atoms with Crippen LogP contribution in [0.15, 0.2) is 0 Å². The second-order valence-electron chi connectivity index (χ2n) is 1.90. The third-order valence-electron chi connectivity index (χ3n) is 1.26. The lowest BCUT2D eigenvalue weighted by molar-refractivity contribution is 0.0697. The maximum atomic E-state index is 8.48. The Kier molecular flexibility index (Phi) is 2.66. The van der Waals surface area contributed by atoms with Crippen molar-refractivity contribution in [2.75, 3.05) is 6.61 Å². The molecule has 48 valence electrons. The van der Waals surface area contributed by atoms with Crippen LogP contribution in [0.25, 0.3) is 0 Å². The molecule has 0 amide bonds. The molecule has 1 unspecified atom stereocenters. The Hall–Kier alpha value is 0.270. The van der Waals surface area contributed by atoms with Crippen molar-refractivity contribution < 1.29 is 9.29 Å². The van der Waals surface area contributed by atoms with Crippen LogP contribution in [-0.2, 0) is 4.74 Å². The highest BCUT2D eigenvalue weighted by atomic mass is 32.2. The first-order valence-corrected chi connectivity index (χ1v) is 3.69. The summed E-state index contributed by atoms with van der Waals surface area (Å²) in [5.74, 6) is 0. The second-order valence-corrected chi connectivity index (χ2v) is 2.64. The van der Waals surface area contributed by atoms with Gasteiger partial charge in [-0.1, -0.05) is 0 Å². The first-order chi connectivity index (χ1) is 3.93. The fraction of sp³-hybridized carbons (Fsp3) is 1.00. The molecule has 1 rings (SSSR count). The Morgan fingerprint density at radius 3 is 2.75 bits per heavy atom. The lowest BCUT2D eigenvalue weighted by Gasteiger charge is -2.18. The van der Waals surface area contributed by atoms with Gasteiger partial charge < -0.3 is 9.29 Å². The Morgan fingerprint density at radius 2 is 2.38 bits per heavy atom. The fourth-order valence-corrected chi connectivity index (χ4v) is 1.22. The molecule has 0 aromatic carbocycles. The number of hydrogen-bond acceptors (Lipinski definition) is 3. The second kappa shape index (κ2) is 3.33. The summed E-state index contributed by atoms with van der Waals surface area (Å²) in [6.45, 7) is 0.818. The molecule has 1 fully saturated rings. The maximum absolute atomic E-state index is 8.48. The molecule has 1 aliphatic heterocycles. The van der Waals surface area contributed by atoms with Gasteiger partial charge in [0.2, 0.25) is 0 Å². The van der Waals surface area contributed by atoms with E-state index < -0.39 is 0 Å². The number of rotatable bonds is 1. The summed E-state index contributed by atoms with van der Waals surface area (Å²) in [7, 11) is 0. The standard InChI is InChI=1S/C5H10O2S/c6-8-5-3-1-2-4-7-5/h5-6H,1-4H2. The van der Waals surface area contributed by atoms with E-state index in [2.05, 4.69) is 0 Å². The van der Waals surface area contributed by atoms with Crippen LogP contribution in [0.3, 0.4) is 0 Å². The van der Waals surface area contributed by atoms with Crippen LogP contribution in [0.5, 0.6) is 0 Å². The van der Waals surface area contributed by atoms with Gasteiger partial charge in [-0.25, -0.2) is 0 Å². The van der Waals surface area contributed by atoms with Crippen molar-refractivity contribution >= 4 is 12.0 Å². The van der Waals surface area contributed by atoms with E-state index in [1.54, 1.807) is 0 Å². The van der Waals surface area contributed by atoms with Gasteiger partial charge in [-0.3, -0.25) is 0 Å². The van der Waals surface area contributed by atoms with Gasteiger partial charge in [0.25, 0.3) is 0 Å². The van der Waals surface area contributed by atoms with Crippen molar-refractivity contribution in [3.63, 3.8) is 0 Å². The molecule has 8 heavy (non-hydrogen) atoms. The zero-order chi connectivity index (χ0) is 5.82. The summed E-state index contributed by atoms with van der Waals surface area (Å²) in [6.07, 6.45) is 3.34. The molecule has 0 saturated carbocycles. The lowest BCUT2D eigenvalue weighted by Crippen LogP contribution is -2.14. The van der Waals surface area contributed by atoms with E-state index in [0.717, 1.165) is 31.5 Å². The topological polar surface area (TPSA) is 29.5 Å². The summed E-state index contributed by atoms with van der Waals surface area (Å²) < 4.78 is 13.6. The molecule has 0 bridgehead atoms. The van der Waals surface area contributed by atoms with Gasteiger partial charge in [-0.05, 0) is 19.3 Å². The van der Waals surface area contributed by atoms with Gasteiger partial charge >= 0.3 is 0 Å². The molecule has 1 heterocycles. The van der Waals surface area contributed by atoms with Crippen molar-refractivity contribution in [1.29, 1.82) is 0 Å². The van der Waals surface area contributed by atoms with Crippen molar-refractivity contribution in [3.8, 4) is 0 Å². The monoisotopic (exact) mass is 134 g/mol. The molecule has 1 atom stereocenters. The highest BCUT2D eigenvalue weighted by molar-refractivity contribution is 7.94. The minimum Gasteiger partial charge on any atom is -0.365 e. The van der Waals surface area contributed by atoms with E-state index in [4.69, 9.17) is 9.29 Å². The predicted molar refractivity (Wildman–Crippen MR) is 33.8 cm³/mol. The van der Waals surface area contributed by atoms with Crippen molar-refractivity contribution in [2.45, 2.75) is 24.7 Å². The van der Waals surface area contributed by atoms with Crippen molar-refractivity contribution in [2.24, 2.45) is 0 Å². The van der Waals surface area contributed by atoms with Gasteiger partial charge in [0.15, 0.2) is 0 Å². The van der Waals surface area contributed by atoms with Crippen LogP contribution >= 0.6 is 12.0 Å². The van der Waals surface area contributed by atoms with Gasteiger partial charge in [-0.15, -0.1) is 0 Å². The van der Waals surface area contributed by atoms with Crippen LogP contribution in [0.4, 0.5) is 0 Å². The highest BCUT2D eigenvalue weighted by Crippen LogP contribution is 2.19. The zero-order valence-electron chi connectivity index (χ0n) is 4.67. The quantitative estimate of drug-likeness (QED) is 0.554. The minimum atomic E-state index is 0.0590. The average Bonchev–Trinajstić information content (AvgIpc) is 1.90. The largest absolute Gasteiger partial charge is 0.365 e. The molecule has 1 aliphatic rings. The molecule has 2 nitrogen and oxygen atoms in total. The van der Waals surface area contributed by atoms with Gasteiger partial charge in [0.05, 0.1) is 0 Å². The molecule has 0 spiro atoms. The van der Waals surface area contributed by atoms with Gasteiger partial charge in [0.1, 0.15) is 5.44 Å². The SMILES string of the molecule is OSC1CCCCO1. The predicted octanol–water partition coefficient (Wildman–Crippen LogP) is 1.72. The highest BCUT2D eigenvalue weighted by Gasteiger charge is 2.12. The van der Waals surface area contributed by atoms with Gasteiger partial charge in [-0.2, -0.15) is 0 Å². The van der Waals surface area contributed by atoms with E-state index in [1.807, 2.05) is 0 Å². The molecule has 0 aromatic heterocycles. The summed E-state index contributed by atoms with van der Waals surface area (Å²) >= 11 is 0.824. The van der Waals surface area contributed by atoms with E-state index in [0.29, 0.717) is 0 Å². The molecule has 0 aromatic rings. The summed E-state index contributed by atoms with van der Waals surface area (Å²) in [4.78, 5) is 0. The minimum absolute atomic E-state index is 0.0590. The first-order valence-electron chi connectivity index (χ1n) is 2.85. The van der Waals surface area contributed by atoms with Crippen molar-refractivity contribution in [1.82, 2.24) is 0 Å². The average molecular weight is 134 g/mol. The number of hydrogen-bond donors (Lipinski definition) is 1.